The highest BCUT2D eigenvalue weighted by atomic mass is 16.2. The molecule has 3 heterocycles. The second-order valence-electron chi connectivity index (χ2n) is 6.41. The minimum Gasteiger partial charge on any atom is -0.340 e. The summed E-state index contributed by atoms with van der Waals surface area (Å²) in [6.45, 7) is 9.08. The number of carbonyl (C=O) groups is 1. The first-order valence-electron chi connectivity index (χ1n) is 8.28. The highest BCUT2D eigenvalue weighted by Crippen LogP contribution is 2.20. The van der Waals surface area contributed by atoms with Crippen LogP contribution in [-0.2, 0) is 4.79 Å². The predicted octanol–water partition coefficient (Wildman–Crippen LogP) is -0.0216. The summed E-state index contributed by atoms with van der Waals surface area (Å²) < 4.78 is 0. The molecule has 0 radical (unpaired) electrons. The van der Waals surface area contributed by atoms with Crippen LogP contribution in [0.4, 0.5) is 0 Å². The minimum atomic E-state index is 0.339. The lowest BCUT2D eigenvalue weighted by molar-refractivity contribution is -0.131. The van der Waals surface area contributed by atoms with Crippen molar-refractivity contribution >= 4 is 5.91 Å². The molecule has 20 heavy (non-hydrogen) atoms. The zero-order valence-electron chi connectivity index (χ0n) is 12.5. The summed E-state index contributed by atoms with van der Waals surface area (Å²) in [5.41, 5.74) is 0. The third kappa shape index (κ3) is 3.51. The second-order valence-corrected chi connectivity index (χ2v) is 6.41. The van der Waals surface area contributed by atoms with Crippen LogP contribution >= 0.6 is 0 Å². The van der Waals surface area contributed by atoms with E-state index >= 15 is 0 Å². The van der Waals surface area contributed by atoms with Crippen molar-refractivity contribution in [2.24, 2.45) is 0 Å². The lowest BCUT2D eigenvalue weighted by Gasteiger charge is -2.32. The fourth-order valence-electron chi connectivity index (χ4n) is 3.71. The molecule has 0 saturated carbocycles. The minimum absolute atomic E-state index is 0.339. The Labute approximate surface area is 122 Å². The van der Waals surface area contributed by atoms with Crippen LogP contribution in [0, 0.1) is 0 Å². The molecule has 3 aliphatic rings. The first-order chi connectivity index (χ1) is 9.83. The third-order valence-electron chi connectivity index (χ3n) is 4.99. The first kappa shape index (κ1) is 14.3. The third-order valence-corrected chi connectivity index (χ3v) is 4.99. The Hall–Kier alpha value is -0.650. The Bertz CT molecular complexity index is 324. The quantitative estimate of drug-likeness (QED) is 0.788. The number of carbonyl (C=O) groups excluding carboxylic acids is 1. The molecule has 1 N–H and O–H groups in total. The molecule has 5 heteroatoms. The van der Waals surface area contributed by atoms with Crippen molar-refractivity contribution in [3.63, 3.8) is 0 Å². The molecule has 3 fully saturated rings. The van der Waals surface area contributed by atoms with Gasteiger partial charge in [0.15, 0.2) is 0 Å². The maximum atomic E-state index is 12.4. The van der Waals surface area contributed by atoms with Gasteiger partial charge in [0.2, 0.25) is 5.91 Å². The number of likely N-dealkylation sites (tertiary alicyclic amines) is 2. The average Bonchev–Trinajstić information content (AvgIpc) is 2.99. The summed E-state index contributed by atoms with van der Waals surface area (Å²) in [7, 11) is 0. The van der Waals surface area contributed by atoms with Gasteiger partial charge in [-0.2, -0.15) is 0 Å². The summed E-state index contributed by atoms with van der Waals surface area (Å²) in [6, 6.07) is 0.627. The molecule has 0 aromatic heterocycles. The maximum absolute atomic E-state index is 12.4. The average molecular weight is 280 g/mol. The van der Waals surface area contributed by atoms with Gasteiger partial charge in [0.25, 0.3) is 0 Å². The van der Waals surface area contributed by atoms with E-state index in [9.17, 15) is 4.79 Å². The monoisotopic (exact) mass is 280 g/mol. The van der Waals surface area contributed by atoms with Crippen LogP contribution in [0.1, 0.15) is 25.7 Å². The van der Waals surface area contributed by atoms with E-state index in [1.165, 1.54) is 38.8 Å². The molecule has 1 unspecified atom stereocenters. The fraction of sp³-hybridized carbons (Fsp3) is 0.933. The van der Waals surface area contributed by atoms with Gasteiger partial charge in [-0.1, -0.05) is 6.42 Å². The zero-order chi connectivity index (χ0) is 13.8. The van der Waals surface area contributed by atoms with Crippen molar-refractivity contribution in [1.82, 2.24) is 20.0 Å². The summed E-state index contributed by atoms with van der Waals surface area (Å²) in [6.07, 6.45) is 5.23. The number of rotatable bonds is 3. The molecule has 0 aromatic rings. The van der Waals surface area contributed by atoms with Gasteiger partial charge in [0, 0.05) is 45.3 Å². The number of amides is 1. The van der Waals surface area contributed by atoms with Crippen LogP contribution in [0.25, 0.3) is 0 Å². The van der Waals surface area contributed by atoms with E-state index in [4.69, 9.17) is 0 Å². The van der Waals surface area contributed by atoms with E-state index in [0.29, 0.717) is 18.5 Å². The molecule has 0 aromatic carbocycles. The van der Waals surface area contributed by atoms with Crippen LogP contribution in [0.5, 0.6) is 0 Å². The lowest BCUT2D eigenvalue weighted by Crippen LogP contribution is -2.48. The van der Waals surface area contributed by atoms with Crippen molar-refractivity contribution in [1.29, 1.82) is 0 Å². The van der Waals surface area contributed by atoms with Crippen molar-refractivity contribution in [3.8, 4) is 0 Å². The Balaban J connectivity index is 1.45. The summed E-state index contributed by atoms with van der Waals surface area (Å²) in [5.74, 6) is 0.339. The maximum Gasteiger partial charge on any atom is 0.236 e. The van der Waals surface area contributed by atoms with E-state index in [2.05, 4.69) is 20.0 Å². The summed E-state index contributed by atoms with van der Waals surface area (Å²) >= 11 is 0. The molecule has 5 nitrogen and oxygen atoms in total. The van der Waals surface area contributed by atoms with Gasteiger partial charge in [-0.05, 0) is 32.4 Å². The molecule has 3 saturated heterocycles. The van der Waals surface area contributed by atoms with Gasteiger partial charge in [0.1, 0.15) is 0 Å². The molecule has 0 bridgehead atoms. The first-order valence-corrected chi connectivity index (χ1v) is 8.28. The van der Waals surface area contributed by atoms with Gasteiger partial charge in [-0.25, -0.2) is 0 Å². The molecule has 114 valence electrons. The number of hydrogen-bond donors (Lipinski definition) is 1. The van der Waals surface area contributed by atoms with E-state index in [1.54, 1.807) is 0 Å². The molecule has 1 amide bonds. The topological polar surface area (TPSA) is 38.8 Å². The fourth-order valence-corrected chi connectivity index (χ4v) is 3.71. The lowest BCUT2D eigenvalue weighted by atomic mass is 10.1. The van der Waals surface area contributed by atoms with Gasteiger partial charge < -0.3 is 10.2 Å². The van der Waals surface area contributed by atoms with Gasteiger partial charge in [-0.15, -0.1) is 0 Å². The Morgan fingerprint density at radius 3 is 2.50 bits per heavy atom. The van der Waals surface area contributed by atoms with E-state index < -0.39 is 0 Å². The summed E-state index contributed by atoms with van der Waals surface area (Å²) in [5, 5.41) is 3.33. The van der Waals surface area contributed by atoms with E-state index in [-0.39, 0.29) is 0 Å². The Kier molecular flexibility index (Phi) is 4.91. The molecule has 3 aliphatic heterocycles. The Morgan fingerprint density at radius 1 is 1.00 bits per heavy atom. The van der Waals surface area contributed by atoms with Gasteiger partial charge in [-0.3, -0.25) is 14.6 Å². The van der Waals surface area contributed by atoms with Crippen LogP contribution < -0.4 is 5.32 Å². The van der Waals surface area contributed by atoms with Crippen molar-refractivity contribution in [2.75, 3.05) is 58.9 Å². The van der Waals surface area contributed by atoms with Gasteiger partial charge in [0.05, 0.1) is 6.54 Å². The second kappa shape index (κ2) is 6.87. The van der Waals surface area contributed by atoms with Crippen molar-refractivity contribution in [3.05, 3.63) is 0 Å². The zero-order valence-corrected chi connectivity index (χ0v) is 12.5. The smallest absolute Gasteiger partial charge is 0.236 e. The number of piperazine rings is 1. The SMILES string of the molecule is O=C(CN1CCNCC1)N1CCC(N2CCCCC2)C1. The van der Waals surface area contributed by atoms with E-state index in [0.717, 1.165) is 39.3 Å². The van der Waals surface area contributed by atoms with Crippen LogP contribution in [0.3, 0.4) is 0 Å². The van der Waals surface area contributed by atoms with Crippen LogP contribution in [0.2, 0.25) is 0 Å². The number of nitrogens with zero attached hydrogens (tertiary/aromatic N) is 3. The molecular formula is C15H28N4O. The van der Waals surface area contributed by atoms with Crippen molar-refractivity contribution < 1.29 is 4.79 Å². The summed E-state index contributed by atoms with van der Waals surface area (Å²) in [4.78, 5) is 19.4. The Morgan fingerprint density at radius 2 is 1.75 bits per heavy atom. The highest BCUT2D eigenvalue weighted by molar-refractivity contribution is 5.78. The predicted molar refractivity (Wildman–Crippen MR) is 79.7 cm³/mol. The molecule has 1 atom stereocenters. The van der Waals surface area contributed by atoms with Gasteiger partial charge >= 0.3 is 0 Å². The normalized spacial score (nSPS) is 29.8. The highest BCUT2D eigenvalue weighted by Gasteiger charge is 2.31. The molecular weight excluding hydrogens is 252 g/mol. The molecule has 0 spiro atoms. The standard InChI is InChI=1S/C15H28N4O/c20-15(13-17-10-5-16-6-11-17)19-9-4-14(12-19)18-7-2-1-3-8-18/h14,16H,1-13H2. The van der Waals surface area contributed by atoms with E-state index in [1.807, 2.05) is 0 Å². The molecule has 3 rings (SSSR count). The number of nitrogens with one attached hydrogen (secondary N) is 1. The molecule has 0 aliphatic carbocycles. The number of hydrogen-bond acceptors (Lipinski definition) is 4. The van der Waals surface area contributed by atoms with Crippen molar-refractivity contribution in [2.45, 2.75) is 31.7 Å². The number of piperidine rings is 1. The largest absolute Gasteiger partial charge is 0.340 e. The van der Waals surface area contributed by atoms with Crippen LogP contribution in [-0.4, -0.2) is 85.6 Å². The van der Waals surface area contributed by atoms with Crippen LogP contribution in [0.15, 0.2) is 0 Å².